The van der Waals surface area contributed by atoms with Crippen molar-refractivity contribution in [3.63, 3.8) is 0 Å². The Morgan fingerprint density at radius 1 is 0.914 bits per heavy atom. The van der Waals surface area contributed by atoms with Crippen LogP contribution in [0.25, 0.3) is 11.1 Å². The molecule has 0 bridgehead atoms. The molecule has 0 saturated carbocycles. The summed E-state index contributed by atoms with van der Waals surface area (Å²) in [6.45, 7) is 5.47. The molecule has 0 aliphatic carbocycles. The summed E-state index contributed by atoms with van der Waals surface area (Å²) in [5, 5.41) is 2.84. The molecule has 0 aliphatic heterocycles. The topological polar surface area (TPSA) is 120 Å². The highest BCUT2D eigenvalue weighted by molar-refractivity contribution is 6.10. The van der Waals surface area contributed by atoms with E-state index in [1.165, 1.54) is 6.08 Å². The van der Waals surface area contributed by atoms with Crippen LogP contribution >= 0.6 is 0 Å². The molecule has 35 heavy (non-hydrogen) atoms. The Morgan fingerprint density at radius 3 is 2.14 bits per heavy atom. The zero-order valence-electron chi connectivity index (χ0n) is 19.2. The standard InChI is InChI=1S/C27H25N3O5/c1-3-17-35-27(33)30-24(28)18-13-15-19(16-14-18)29-25(31)22-11-7-5-9-20(22)21-10-6-8-12-23(21)26(32)34-4-2/h3,5-16H,1,4,17H2,2H3,(H,29,31)(H2,28,30,33). The SMILES string of the molecule is C=CCOC(=O)N=C(N)c1ccc(NC(=O)c2ccccc2-c2ccccc2C(=O)OCC)cc1. The van der Waals surface area contributed by atoms with Gasteiger partial charge >= 0.3 is 12.1 Å². The number of nitrogens with zero attached hydrogens (tertiary/aromatic N) is 1. The van der Waals surface area contributed by atoms with E-state index in [0.717, 1.165) is 0 Å². The first kappa shape index (κ1) is 24.9. The predicted octanol–water partition coefficient (Wildman–Crippen LogP) is 4.81. The van der Waals surface area contributed by atoms with Gasteiger partial charge in [-0.05, 0) is 54.4 Å². The number of carbonyl (C=O) groups is 3. The second kappa shape index (κ2) is 11.9. The summed E-state index contributed by atoms with van der Waals surface area (Å²) in [5.74, 6) is -0.832. The Morgan fingerprint density at radius 2 is 1.51 bits per heavy atom. The number of amidine groups is 1. The summed E-state index contributed by atoms with van der Waals surface area (Å²) in [6, 6.07) is 20.5. The Labute approximate surface area is 203 Å². The molecule has 8 heteroatoms. The first-order valence-corrected chi connectivity index (χ1v) is 10.8. The van der Waals surface area contributed by atoms with Crippen molar-refractivity contribution in [3.05, 3.63) is 102 Å². The number of carbonyl (C=O) groups excluding carboxylic acids is 3. The minimum absolute atomic E-state index is 0.0159. The number of rotatable bonds is 8. The number of aliphatic imine (C=N–C) groups is 1. The third-order valence-corrected chi connectivity index (χ3v) is 4.86. The fourth-order valence-corrected chi connectivity index (χ4v) is 3.27. The van der Waals surface area contributed by atoms with E-state index in [-0.39, 0.29) is 25.0 Å². The van der Waals surface area contributed by atoms with Crippen LogP contribution in [0.15, 0.2) is 90.4 Å². The molecule has 3 N–H and O–H groups in total. The van der Waals surface area contributed by atoms with Crippen LogP contribution in [0, 0.1) is 0 Å². The molecular weight excluding hydrogens is 446 g/mol. The smallest absolute Gasteiger partial charge is 0.435 e. The van der Waals surface area contributed by atoms with Crippen LogP contribution in [0.3, 0.4) is 0 Å². The highest BCUT2D eigenvalue weighted by atomic mass is 16.5. The lowest BCUT2D eigenvalue weighted by Crippen LogP contribution is -2.17. The molecule has 2 amide bonds. The molecule has 0 saturated heterocycles. The van der Waals surface area contributed by atoms with Crippen molar-refractivity contribution >= 4 is 29.5 Å². The van der Waals surface area contributed by atoms with Gasteiger partial charge in [0, 0.05) is 16.8 Å². The largest absolute Gasteiger partial charge is 0.462 e. The maximum Gasteiger partial charge on any atom is 0.435 e. The van der Waals surface area contributed by atoms with E-state index >= 15 is 0 Å². The molecule has 178 valence electrons. The maximum absolute atomic E-state index is 13.1. The van der Waals surface area contributed by atoms with Crippen molar-refractivity contribution in [1.29, 1.82) is 0 Å². The number of anilines is 1. The number of amides is 2. The number of benzene rings is 3. The third-order valence-electron chi connectivity index (χ3n) is 4.86. The van der Waals surface area contributed by atoms with E-state index in [0.29, 0.717) is 33.5 Å². The van der Waals surface area contributed by atoms with E-state index < -0.39 is 12.1 Å². The molecule has 3 aromatic carbocycles. The quantitative estimate of drug-likeness (QED) is 0.211. The second-order valence-electron chi connectivity index (χ2n) is 7.21. The molecule has 8 nitrogen and oxygen atoms in total. The van der Waals surface area contributed by atoms with Crippen LogP contribution in [-0.2, 0) is 9.47 Å². The zero-order chi connectivity index (χ0) is 25.2. The fourth-order valence-electron chi connectivity index (χ4n) is 3.27. The highest BCUT2D eigenvalue weighted by Gasteiger charge is 2.18. The first-order chi connectivity index (χ1) is 16.9. The van der Waals surface area contributed by atoms with Gasteiger partial charge < -0.3 is 20.5 Å². The molecule has 0 aliphatic rings. The highest BCUT2D eigenvalue weighted by Crippen LogP contribution is 2.28. The van der Waals surface area contributed by atoms with Crippen molar-refractivity contribution in [2.24, 2.45) is 10.7 Å². The Hall–Kier alpha value is -4.72. The average Bonchev–Trinajstić information content (AvgIpc) is 2.88. The van der Waals surface area contributed by atoms with Crippen LogP contribution in [-0.4, -0.2) is 37.0 Å². The Bertz CT molecular complexity index is 1270. The van der Waals surface area contributed by atoms with Gasteiger partial charge in [0.05, 0.1) is 12.2 Å². The Kier molecular flexibility index (Phi) is 8.50. The number of esters is 1. The Balaban J connectivity index is 1.82. The summed E-state index contributed by atoms with van der Waals surface area (Å²) < 4.78 is 9.95. The summed E-state index contributed by atoms with van der Waals surface area (Å²) in [5.41, 5.74) is 8.81. The van der Waals surface area contributed by atoms with Gasteiger partial charge in [0.2, 0.25) is 0 Å². The van der Waals surface area contributed by atoms with E-state index in [4.69, 9.17) is 15.2 Å². The van der Waals surface area contributed by atoms with Gasteiger partial charge in [-0.1, -0.05) is 49.1 Å². The van der Waals surface area contributed by atoms with Gasteiger partial charge in [-0.25, -0.2) is 9.59 Å². The molecule has 0 unspecified atom stereocenters. The molecular formula is C27H25N3O5. The molecule has 0 radical (unpaired) electrons. The van der Waals surface area contributed by atoms with E-state index in [9.17, 15) is 14.4 Å². The molecule has 3 rings (SSSR count). The second-order valence-corrected chi connectivity index (χ2v) is 7.21. The number of nitrogens with two attached hydrogens (primary N) is 1. The van der Waals surface area contributed by atoms with E-state index in [2.05, 4.69) is 16.9 Å². The van der Waals surface area contributed by atoms with Crippen LogP contribution in [0.2, 0.25) is 0 Å². The zero-order valence-corrected chi connectivity index (χ0v) is 19.2. The molecule has 0 heterocycles. The van der Waals surface area contributed by atoms with Crippen LogP contribution < -0.4 is 11.1 Å². The predicted molar refractivity (Wildman–Crippen MR) is 134 cm³/mol. The lowest BCUT2D eigenvalue weighted by molar-refractivity contribution is 0.0527. The number of nitrogens with one attached hydrogen (secondary N) is 1. The van der Waals surface area contributed by atoms with Crippen LogP contribution in [0.1, 0.15) is 33.2 Å². The van der Waals surface area contributed by atoms with E-state index in [1.807, 2.05) is 0 Å². The van der Waals surface area contributed by atoms with Crippen molar-refractivity contribution in [2.45, 2.75) is 6.92 Å². The summed E-state index contributed by atoms with van der Waals surface area (Å²) in [6.07, 6.45) is 0.605. The number of hydrogen-bond donors (Lipinski definition) is 2. The first-order valence-electron chi connectivity index (χ1n) is 10.8. The van der Waals surface area contributed by atoms with Gasteiger partial charge in [-0.2, -0.15) is 4.99 Å². The lowest BCUT2D eigenvalue weighted by Gasteiger charge is -2.13. The van der Waals surface area contributed by atoms with Crippen molar-refractivity contribution < 1.29 is 23.9 Å². The summed E-state index contributed by atoms with van der Waals surface area (Å²) in [4.78, 5) is 40.8. The fraction of sp³-hybridized carbons (Fsp3) is 0.111. The van der Waals surface area contributed by atoms with Crippen molar-refractivity contribution in [2.75, 3.05) is 18.5 Å². The van der Waals surface area contributed by atoms with Gasteiger partial charge in [-0.15, -0.1) is 0 Å². The minimum Gasteiger partial charge on any atom is -0.462 e. The summed E-state index contributed by atoms with van der Waals surface area (Å²) >= 11 is 0. The molecule has 3 aromatic rings. The monoisotopic (exact) mass is 471 g/mol. The van der Waals surface area contributed by atoms with Gasteiger partial charge in [-0.3, -0.25) is 4.79 Å². The van der Waals surface area contributed by atoms with Crippen molar-refractivity contribution in [1.82, 2.24) is 0 Å². The van der Waals surface area contributed by atoms with Gasteiger partial charge in [0.1, 0.15) is 12.4 Å². The van der Waals surface area contributed by atoms with Crippen molar-refractivity contribution in [3.8, 4) is 11.1 Å². The molecule has 0 fully saturated rings. The molecule has 0 aromatic heterocycles. The average molecular weight is 472 g/mol. The third kappa shape index (κ3) is 6.42. The maximum atomic E-state index is 13.1. The normalized spacial score (nSPS) is 10.8. The number of hydrogen-bond acceptors (Lipinski definition) is 5. The number of ether oxygens (including phenoxy) is 2. The molecule has 0 atom stereocenters. The van der Waals surface area contributed by atoms with Crippen LogP contribution in [0.5, 0.6) is 0 Å². The summed E-state index contributed by atoms with van der Waals surface area (Å²) in [7, 11) is 0. The van der Waals surface area contributed by atoms with Gasteiger partial charge in [0.15, 0.2) is 0 Å². The minimum atomic E-state index is -0.820. The lowest BCUT2D eigenvalue weighted by atomic mass is 9.95. The van der Waals surface area contributed by atoms with Crippen LogP contribution in [0.4, 0.5) is 10.5 Å². The molecule has 0 spiro atoms. The van der Waals surface area contributed by atoms with E-state index in [1.54, 1.807) is 79.7 Å². The van der Waals surface area contributed by atoms with Gasteiger partial charge in [0.25, 0.3) is 5.91 Å².